The third-order valence-electron chi connectivity index (χ3n) is 8.44. The molecule has 4 nitrogen and oxygen atoms in total. The molecule has 0 radical (unpaired) electrons. The molecule has 0 aromatic heterocycles. The predicted octanol–water partition coefficient (Wildman–Crippen LogP) is -2.52. The third-order valence-corrected chi connectivity index (χ3v) is 8.98. The van der Waals surface area contributed by atoms with E-state index in [0.29, 0.717) is 0 Å². The van der Waals surface area contributed by atoms with Crippen molar-refractivity contribution in [3.8, 4) is 0 Å². The summed E-state index contributed by atoms with van der Waals surface area (Å²) in [6.45, 7) is 20.8. The second-order valence-electron chi connectivity index (χ2n) is 11.1. The Morgan fingerprint density at radius 3 is 1.44 bits per heavy atom. The first-order valence-electron chi connectivity index (χ1n) is 13.9. The van der Waals surface area contributed by atoms with Crippen LogP contribution in [0.2, 0.25) is 0 Å². The van der Waals surface area contributed by atoms with Gasteiger partial charge in [0.05, 0.1) is 33.2 Å². The molecular weight excluding hydrogens is 510 g/mol. The Labute approximate surface area is 234 Å². The molecule has 34 heavy (non-hydrogen) atoms. The van der Waals surface area contributed by atoms with Gasteiger partial charge >= 0.3 is 0 Å². The average molecular weight is 566 g/mol. The van der Waals surface area contributed by atoms with Gasteiger partial charge in [0.15, 0.2) is 0 Å². The summed E-state index contributed by atoms with van der Waals surface area (Å²) >= 11 is 10.9. The molecule has 0 spiro atoms. The molecule has 6 fully saturated rings. The van der Waals surface area contributed by atoms with Gasteiger partial charge < -0.3 is 38.7 Å². The van der Waals surface area contributed by atoms with Crippen molar-refractivity contribution in [1.29, 1.82) is 0 Å². The minimum Gasteiger partial charge on any atom is -1.00 e. The monoisotopic (exact) mass is 563 g/mol. The van der Waals surface area contributed by atoms with Crippen LogP contribution in [0.5, 0.6) is 0 Å². The highest BCUT2D eigenvalue weighted by molar-refractivity contribution is 6.18. The number of nitrogens with zero attached hydrogens (tertiary/aromatic N) is 3. The number of rotatable bonds is 11. The zero-order chi connectivity index (χ0) is 23.1. The Kier molecular flexibility index (Phi) is 20.6. The number of piperazine rings is 6. The number of quaternary nitrogens is 3. The molecular formula is C26H55Cl4N4+. The number of hydrogen-bond acceptors (Lipinski definition) is 1. The van der Waals surface area contributed by atoms with Crippen LogP contribution in [-0.4, -0.2) is 118 Å². The van der Waals surface area contributed by atoms with E-state index in [2.05, 4.69) is 18.9 Å². The Bertz CT molecular complexity index is 422. The summed E-state index contributed by atoms with van der Waals surface area (Å²) in [6, 6.07) is 0. The van der Waals surface area contributed by atoms with Gasteiger partial charge in [-0.15, -0.1) is 23.2 Å². The summed E-state index contributed by atoms with van der Waals surface area (Å²) in [5.74, 6) is 1.59. The van der Waals surface area contributed by atoms with Crippen LogP contribution in [0, 0.1) is 0 Å². The van der Waals surface area contributed by atoms with Crippen LogP contribution in [-0.2, 0) is 0 Å². The van der Waals surface area contributed by atoms with E-state index in [1.807, 2.05) is 4.90 Å². The topological polar surface area (TPSA) is 7.68 Å². The minimum atomic E-state index is 0. The molecule has 206 valence electrons. The van der Waals surface area contributed by atoms with Crippen LogP contribution in [0.15, 0.2) is 0 Å². The number of hydrogen-bond donors (Lipinski definition) is 1. The summed E-state index contributed by atoms with van der Waals surface area (Å²) in [6.07, 6.45) is 12.0. The maximum absolute atomic E-state index is 5.45. The molecule has 6 saturated heterocycles. The van der Waals surface area contributed by atoms with E-state index in [4.69, 9.17) is 23.2 Å². The molecule has 0 aromatic carbocycles. The lowest BCUT2D eigenvalue weighted by Crippen LogP contribution is -3.17. The molecule has 6 aliphatic rings. The van der Waals surface area contributed by atoms with E-state index in [1.165, 1.54) is 139 Å². The van der Waals surface area contributed by atoms with E-state index in [0.717, 1.165) is 24.6 Å². The number of alkyl halides is 2. The lowest BCUT2D eigenvalue weighted by Gasteiger charge is -2.54. The number of likely N-dealkylation sites (N-methyl/N-ethyl adjacent to an activating group) is 1. The van der Waals surface area contributed by atoms with Gasteiger partial charge in [-0.25, -0.2) is 0 Å². The predicted molar refractivity (Wildman–Crippen MR) is 141 cm³/mol. The van der Waals surface area contributed by atoms with Crippen LogP contribution in [0.4, 0.5) is 0 Å². The molecule has 6 aliphatic heterocycles. The molecule has 0 aromatic rings. The van der Waals surface area contributed by atoms with Crippen molar-refractivity contribution in [2.75, 3.05) is 104 Å². The van der Waals surface area contributed by atoms with Crippen molar-refractivity contribution < 1.29 is 38.7 Å². The Hall–Kier alpha value is 1.00. The zero-order valence-corrected chi connectivity index (χ0v) is 25.3. The van der Waals surface area contributed by atoms with Crippen molar-refractivity contribution in [3.63, 3.8) is 0 Å². The van der Waals surface area contributed by atoms with Crippen molar-refractivity contribution in [2.24, 2.45) is 0 Å². The van der Waals surface area contributed by atoms with Crippen LogP contribution in [0.3, 0.4) is 0 Å². The van der Waals surface area contributed by atoms with E-state index in [1.54, 1.807) is 0 Å². The van der Waals surface area contributed by atoms with Crippen LogP contribution in [0.1, 0.15) is 64.7 Å². The van der Waals surface area contributed by atoms with Gasteiger partial charge in [0.25, 0.3) is 0 Å². The summed E-state index contributed by atoms with van der Waals surface area (Å²) in [5, 5.41) is 0. The van der Waals surface area contributed by atoms with Gasteiger partial charge in [-0.3, -0.25) is 4.90 Å². The van der Waals surface area contributed by atoms with Gasteiger partial charge in [0.2, 0.25) is 0 Å². The smallest absolute Gasteiger partial charge is 0.129 e. The van der Waals surface area contributed by atoms with Gasteiger partial charge in [0, 0.05) is 31.4 Å². The maximum Gasteiger partial charge on any atom is 0.129 e. The normalized spacial score (nSPS) is 30.7. The third kappa shape index (κ3) is 13.5. The number of fused-ring (bicyclic) bond motifs is 6. The highest BCUT2D eigenvalue weighted by Crippen LogP contribution is 2.25. The fraction of sp³-hybridized carbons (Fsp3) is 1.00. The number of nitrogens with one attached hydrogen (secondary N) is 1. The van der Waals surface area contributed by atoms with Crippen molar-refractivity contribution in [2.45, 2.75) is 64.7 Å². The molecule has 4 bridgehead atoms. The van der Waals surface area contributed by atoms with E-state index >= 15 is 0 Å². The standard InChI is InChI=1S/C14H30N2.C6H12Cl2.C6H12N2.2ClH/c1-3-4-5-6-7-8-16-12-9-15(2,10-13-16)11-14-16;7-5-3-1-2-4-6-8;1-2-8-5-3-7(1)4-6-8;;/h3-14H2,1-2H3;2*1-6H2;2*1H/q+2;;;;/p-1. The van der Waals surface area contributed by atoms with Crippen LogP contribution >= 0.6 is 23.2 Å². The van der Waals surface area contributed by atoms with Crippen molar-refractivity contribution >= 4 is 23.2 Å². The highest BCUT2D eigenvalue weighted by atomic mass is 35.5. The molecule has 1 N–H and O–H groups in total. The zero-order valence-electron chi connectivity index (χ0n) is 22.3. The molecule has 0 atom stereocenters. The van der Waals surface area contributed by atoms with E-state index in [9.17, 15) is 0 Å². The van der Waals surface area contributed by atoms with Gasteiger partial charge in [-0.2, -0.15) is 0 Å². The van der Waals surface area contributed by atoms with Gasteiger partial charge in [-0.1, -0.05) is 39.0 Å². The minimum absolute atomic E-state index is 0. The quantitative estimate of drug-likeness (QED) is 0.165. The Morgan fingerprint density at radius 2 is 1.09 bits per heavy atom. The Balaban J connectivity index is 0.000000515. The lowest BCUT2D eigenvalue weighted by atomic mass is 10.1. The first-order chi connectivity index (χ1) is 15.5. The van der Waals surface area contributed by atoms with Crippen LogP contribution < -0.4 is 29.7 Å². The average Bonchev–Trinajstić information content (AvgIpc) is 2.85. The van der Waals surface area contributed by atoms with Crippen molar-refractivity contribution in [1.82, 2.24) is 4.90 Å². The summed E-state index contributed by atoms with van der Waals surface area (Å²) < 4.78 is 2.84. The summed E-state index contributed by atoms with van der Waals surface area (Å²) in [5.41, 5.74) is 0. The molecule has 0 amide bonds. The first kappa shape index (κ1) is 35.0. The molecule has 8 heteroatoms. The van der Waals surface area contributed by atoms with E-state index in [-0.39, 0.29) is 24.8 Å². The molecule has 6 heterocycles. The molecule has 0 unspecified atom stereocenters. The molecule has 0 saturated carbocycles. The molecule has 0 aliphatic carbocycles. The maximum atomic E-state index is 5.45. The number of halogens is 4. The number of unbranched alkanes of at least 4 members (excludes halogenated alkanes) is 7. The van der Waals surface area contributed by atoms with Crippen LogP contribution in [0.25, 0.3) is 0 Å². The van der Waals surface area contributed by atoms with Crippen molar-refractivity contribution in [3.05, 3.63) is 0 Å². The largest absolute Gasteiger partial charge is 1.00 e. The second kappa shape index (κ2) is 20.0. The van der Waals surface area contributed by atoms with Gasteiger partial charge in [-0.05, 0) is 25.7 Å². The summed E-state index contributed by atoms with van der Waals surface area (Å²) in [4.78, 5) is 4.39. The fourth-order valence-corrected chi connectivity index (χ4v) is 6.00. The van der Waals surface area contributed by atoms with Gasteiger partial charge in [0.1, 0.15) is 39.3 Å². The fourth-order valence-electron chi connectivity index (χ4n) is 5.62. The molecule has 6 rings (SSSR count). The highest BCUT2D eigenvalue weighted by Gasteiger charge is 2.46. The first-order valence-corrected chi connectivity index (χ1v) is 15.0. The SMILES string of the molecule is C1C[NH+]2CCN1CC2.CCCCCCC[N+]12CC[N+](C)(CC1)CC2.ClCCCCCCCl.[Cl-].[Cl-]. The summed E-state index contributed by atoms with van der Waals surface area (Å²) in [7, 11) is 2.45. The lowest BCUT2D eigenvalue weighted by molar-refractivity contribution is -1.07. The second-order valence-corrected chi connectivity index (χ2v) is 11.8. The van der Waals surface area contributed by atoms with E-state index < -0.39 is 0 Å². The Morgan fingerprint density at radius 1 is 0.647 bits per heavy atom.